The predicted molar refractivity (Wildman–Crippen MR) is 91.4 cm³/mol. The number of anilines is 1. The number of piperidine rings is 1. The van der Waals surface area contributed by atoms with E-state index in [1.54, 1.807) is 0 Å². The van der Waals surface area contributed by atoms with Gasteiger partial charge in [0.25, 0.3) is 5.91 Å². The molecule has 1 amide bonds. The van der Waals surface area contributed by atoms with Gasteiger partial charge in [0.15, 0.2) is 5.13 Å². The number of hydrogen-bond donors (Lipinski definition) is 2. The van der Waals surface area contributed by atoms with Crippen molar-refractivity contribution in [2.24, 2.45) is 11.7 Å². The van der Waals surface area contributed by atoms with Crippen molar-refractivity contribution in [3.63, 3.8) is 0 Å². The standard InChI is InChI=1S/C16H26N4O2S/c1-11-3-2-6-20(8-11)9-12-10-23-16(18-12)19-15(21)14-5-4-13(7-17)22-14/h10-11,13-14H,2-9,17H2,1H3,(H,18,19,21)/t11?,13-,14+/m1/s1. The summed E-state index contributed by atoms with van der Waals surface area (Å²) < 4.78 is 5.62. The van der Waals surface area contributed by atoms with Crippen molar-refractivity contribution >= 4 is 22.4 Å². The summed E-state index contributed by atoms with van der Waals surface area (Å²) >= 11 is 1.48. The van der Waals surface area contributed by atoms with Gasteiger partial charge >= 0.3 is 0 Å². The molecule has 0 radical (unpaired) electrons. The van der Waals surface area contributed by atoms with Crippen LogP contribution in [0.25, 0.3) is 0 Å². The first kappa shape index (κ1) is 16.8. The third kappa shape index (κ3) is 4.50. The lowest BCUT2D eigenvalue weighted by Crippen LogP contribution is -2.33. The third-order valence-electron chi connectivity index (χ3n) is 4.57. The predicted octanol–water partition coefficient (Wildman–Crippen LogP) is 1.82. The highest BCUT2D eigenvalue weighted by Gasteiger charge is 2.30. The van der Waals surface area contributed by atoms with Gasteiger partial charge in [-0.15, -0.1) is 11.3 Å². The molecule has 0 bridgehead atoms. The summed E-state index contributed by atoms with van der Waals surface area (Å²) in [7, 11) is 0. The van der Waals surface area contributed by atoms with E-state index in [1.165, 1.54) is 24.2 Å². The molecule has 0 aliphatic carbocycles. The van der Waals surface area contributed by atoms with Gasteiger partial charge in [0.05, 0.1) is 11.8 Å². The average molecular weight is 338 g/mol. The Kier molecular flexibility index (Phi) is 5.63. The molecule has 0 aromatic carbocycles. The molecule has 2 saturated heterocycles. The molecule has 3 N–H and O–H groups in total. The van der Waals surface area contributed by atoms with E-state index in [0.29, 0.717) is 11.7 Å². The molecule has 0 spiro atoms. The maximum absolute atomic E-state index is 12.2. The van der Waals surface area contributed by atoms with E-state index in [0.717, 1.165) is 44.1 Å². The highest BCUT2D eigenvalue weighted by molar-refractivity contribution is 7.13. The van der Waals surface area contributed by atoms with Crippen LogP contribution in [0.4, 0.5) is 5.13 Å². The lowest BCUT2D eigenvalue weighted by Gasteiger charge is -2.30. The maximum atomic E-state index is 12.2. The van der Waals surface area contributed by atoms with Gasteiger partial charge in [-0.05, 0) is 38.1 Å². The average Bonchev–Trinajstić information content (AvgIpc) is 3.16. The second kappa shape index (κ2) is 7.70. The number of carbonyl (C=O) groups is 1. The zero-order valence-electron chi connectivity index (χ0n) is 13.7. The summed E-state index contributed by atoms with van der Waals surface area (Å²) in [6.45, 7) is 5.91. The lowest BCUT2D eigenvalue weighted by atomic mass is 10.0. The molecular weight excluding hydrogens is 312 g/mol. The fourth-order valence-electron chi connectivity index (χ4n) is 3.35. The first-order chi connectivity index (χ1) is 11.1. The molecule has 3 rings (SSSR count). The van der Waals surface area contributed by atoms with E-state index in [2.05, 4.69) is 22.1 Å². The Morgan fingerprint density at radius 1 is 1.52 bits per heavy atom. The van der Waals surface area contributed by atoms with Gasteiger partial charge in [-0.3, -0.25) is 15.0 Å². The van der Waals surface area contributed by atoms with Crippen LogP contribution in [0.15, 0.2) is 5.38 Å². The summed E-state index contributed by atoms with van der Waals surface area (Å²) in [6, 6.07) is 0. The molecule has 128 valence electrons. The molecule has 2 aliphatic heterocycles. The maximum Gasteiger partial charge on any atom is 0.255 e. The smallest absolute Gasteiger partial charge is 0.255 e. The van der Waals surface area contributed by atoms with E-state index >= 15 is 0 Å². The minimum absolute atomic E-state index is 0.0127. The quantitative estimate of drug-likeness (QED) is 0.856. The van der Waals surface area contributed by atoms with Gasteiger partial charge in [-0.25, -0.2) is 4.98 Å². The fraction of sp³-hybridized carbons (Fsp3) is 0.750. The van der Waals surface area contributed by atoms with E-state index in [-0.39, 0.29) is 18.1 Å². The van der Waals surface area contributed by atoms with Gasteiger partial charge in [0.2, 0.25) is 0 Å². The number of thiazole rings is 1. The Bertz CT molecular complexity index is 536. The van der Waals surface area contributed by atoms with Crippen molar-refractivity contribution in [1.82, 2.24) is 9.88 Å². The second-order valence-electron chi connectivity index (χ2n) is 6.68. The van der Waals surface area contributed by atoms with Crippen LogP contribution in [0, 0.1) is 5.92 Å². The van der Waals surface area contributed by atoms with Crippen LogP contribution in [0.3, 0.4) is 0 Å². The summed E-state index contributed by atoms with van der Waals surface area (Å²) in [4.78, 5) is 19.2. The number of nitrogens with two attached hydrogens (primary N) is 1. The van der Waals surface area contributed by atoms with E-state index < -0.39 is 0 Å². The van der Waals surface area contributed by atoms with Gasteiger partial charge in [-0.1, -0.05) is 6.92 Å². The summed E-state index contributed by atoms with van der Waals surface area (Å²) in [6.07, 6.45) is 3.79. The number of carbonyl (C=O) groups excluding carboxylic acids is 1. The zero-order valence-corrected chi connectivity index (χ0v) is 14.5. The van der Waals surface area contributed by atoms with Crippen molar-refractivity contribution in [3.05, 3.63) is 11.1 Å². The zero-order chi connectivity index (χ0) is 16.2. The molecule has 3 atom stereocenters. The number of rotatable bonds is 5. The van der Waals surface area contributed by atoms with Gasteiger partial charge < -0.3 is 10.5 Å². The number of ether oxygens (including phenoxy) is 1. The van der Waals surface area contributed by atoms with Crippen molar-refractivity contribution in [2.75, 3.05) is 25.0 Å². The number of likely N-dealkylation sites (tertiary alicyclic amines) is 1. The third-order valence-corrected chi connectivity index (χ3v) is 5.38. The van der Waals surface area contributed by atoms with Crippen LogP contribution >= 0.6 is 11.3 Å². The van der Waals surface area contributed by atoms with Gasteiger partial charge in [0, 0.05) is 25.0 Å². The largest absolute Gasteiger partial charge is 0.364 e. The number of aromatic nitrogens is 1. The highest BCUT2D eigenvalue weighted by Crippen LogP contribution is 2.23. The number of nitrogens with one attached hydrogen (secondary N) is 1. The molecule has 6 nitrogen and oxygen atoms in total. The summed E-state index contributed by atoms with van der Waals surface area (Å²) in [5, 5.41) is 5.58. The molecule has 2 fully saturated rings. The van der Waals surface area contributed by atoms with E-state index in [9.17, 15) is 4.79 Å². The number of nitrogens with zero attached hydrogens (tertiary/aromatic N) is 2. The molecule has 23 heavy (non-hydrogen) atoms. The number of amides is 1. The Balaban J connectivity index is 1.50. The summed E-state index contributed by atoms with van der Waals surface area (Å²) in [5.41, 5.74) is 6.61. The normalized spacial score (nSPS) is 28.9. The van der Waals surface area contributed by atoms with E-state index in [1.807, 2.05) is 5.38 Å². The molecule has 2 aliphatic rings. The first-order valence-electron chi connectivity index (χ1n) is 8.47. The van der Waals surface area contributed by atoms with Gasteiger partial charge in [-0.2, -0.15) is 0 Å². The Hall–Kier alpha value is -1.02. The van der Waals surface area contributed by atoms with E-state index in [4.69, 9.17) is 10.5 Å². The Labute approximate surface area is 141 Å². The number of hydrogen-bond acceptors (Lipinski definition) is 6. The SMILES string of the molecule is CC1CCCN(Cc2csc(NC(=O)[C@@H]3CC[C@H](CN)O3)n2)C1. The van der Waals surface area contributed by atoms with Crippen molar-refractivity contribution in [1.29, 1.82) is 0 Å². The Morgan fingerprint density at radius 2 is 2.39 bits per heavy atom. The fourth-order valence-corrected chi connectivity index (χ4v) is 4.06. The monoisotopic (exact) mass is 338 g/mol. The first-order valence-corrected chi connectivity index (χ1v) is 9.35. The van der Waals surface area contributed by atoms with Crippen molar-refractivity contribution in [3.8, 4) is 0 Å². The minimum Gasteiger partial charge on any atom is -0.364 e. The van der Waals surface area contributed by atoms with Crippen LogP contribution in [0.5, 0.6) is 0 Å². The molecule has 1 unspecified atom stereocenters. The molecular formula is C16H26N4O2S. The highest BCUT2D eigenvalue weighted by atomic mass is 32.1. The molecule has 3 heterocycles. The summed E-state index contributed by atoms with van der Waals surface area (Å²) in [5.74, 6) is 0.657. The van der Waals surface area contributed by atoms with Crippen LogP contribution in [-0.4, -0.2) is 47.6 Å². The molecule has 1 aromatic rings. The minimum atomic E-state index is -0.390. The molecule has 1 aromatic heterocycles. The van der Waals surface area contributed by atoms with Crippen LogP contribution in [-0.2, 0) is 16.1 Å². The Morgan fingerprint density at radius 3 is 3.13 bits per heavy atom. The van der Waals surface area contributed by atoms with Crippen molar-refractivity contribution in [2.45, 2.75) is 51.4 Å². The van der Waals surface area contributed by atoms with Crippen molar-refractivity contribution < 1.29 is 9.53 Å². The molecule has 7 heteroatoms. The second-order valence-corrected chi connectivity index (χ2v) is 7.53. The van der Waals surface area contributed by atoms with Crippen LogP contribution in [0.1, 0.15) is 38.3 Å². The lowest BCUT2D eigenvalue weighted by molar-refractivity contribution is -0.126. The van der Waals surface area contributed by atoms with Crippen LogP contribution in [0.2, 0.25) is 0 Å². The van der Waals surface area contributed by atoms with Gasteiger partial charge in [0.1, 0.15) is 6.10 Å². The van der Waals surface area contributed by atoms with Crippen LogP contribution < -0.4 is 11.1 Å². The molecule has 0 saturated carbocycles. The topological polar surface area (TPSA) is 80.5 Å².